The van der Waals surface area contributed by atoms with Gasteiger partial charge in [-0.3, -0.25) is 9.59 Å². The molecule has 360 valence electrons. The fourth-order valence-electron chi connectivity index (χ4n) is 6.80. The predicted molar refractivity (Wildman–Crippen MR) is 258 cm³/mol. The van der Waals surface area contributed by atoms with Crippen molar-refractivity contribution in [1.82, 2.24) is 0 Å². The fraction of sp³-hybridized carbons (Fsp3) is 0.600. The molecule has 0 aliphatic carbocycles. The highest BCUT2D eigenvalue weighted by Gasteiger charge is 2.37. The number of hydrogen-bond donors (Lipinski definition) is 2. The van der Waals surface area contributed by atoms with Crippen molar-refractivity contribution in [3.05, 3.63) is 101 Å². The average molecular weight is 943 g/mol. The molecule has 0 aliphatic heterocycles. The van der Waals surface area contributed by atoms with E-state index in [1.54, 1.807) is 0 Å². The zero-order valence-corrected chi connectivity index (χ0v) is 40.4. The summed E-state index contributed by atoms with van der Waals surface area (Å²) >= 11 is 0. The first-order valence-electron chi connectivity index (χ1n) is 23.6. The molecule has 2 atom stereocenters. The first kappa shape index (κ1) is 59.2. The lowest BCUT2D eigenvalue weighted by Crippen LogP contribution is -2.21. The van der Waals surface area contributed by atoms with Crippen molar-refractivity contribution in [3.8, 4) is 5.75 Å². The van der Waals surface area contributed by atoms with Crippen LogP contribution in [-0.4, -0.2) is 53.6 Å². The van der Waals surface area contributed by atoms with Gasteiger partial charge in [0.25, 0.3) is 0 Å². The third-order valence-electron chi connectivity index (χ3n) is 10.5. The lowest BCUT2D eigenvalue weighted by molar-refractivity contribution is -0.143. The van der Waals surface area contributed by atoms with E-state index < -0.39 is 36.6 Å². The summed E-state index contributed by atoms with van der Waals surface area (Å²) in [7, 11) is -0.918. The van der Waals surface area contributed by atoms with Gasteiger partial charge in [0, 0.05) is 23.5 Å². The number of carbonyl (C=O) groups excluding carboxylic acids is 2. The molecule has 2 unspecified atom stereocenters. The Kier molecular flexibility index (Phi) is 34.6. The number of rotatable bonds is 32. The van der Waals surface area contributed by atoms with Crippen molar-refractivity contribution >= 4 is 36.0 Å². The van der Waals surface area contributed by atoms with Crippen LogP contribution in [0.4, 0.5) is 26.3 Å². The molecule has 2 N–H and O–H groups in total. The summed E-state index contributed by atoms with van der Waals surface area (Å²) in [5.41, 5.74) is -1.46. The Morgan fingerprint density at radius 3 is 1.06 bits per heavy atom. The number of hydrogen-bond acceptors (Lipinski definition) is 5. The highest BCUT2D eigenvalue weighted by molar-refractivity contribution is 7.39. The first-order valence-corrected chi connectivity index (χ1v) is 26.4. The highest BCUT2D eigenvalue weighted by atomic mass is 31.1. The van der Waals surface area contributed by atoms with Gasteiger partial charge >= 0.3 is 19.7 Å². The van der Waals surface area contributed by atoms with Crippen molar-refractivity contribution in [2.24, 2.45) is 0 Å². The summed E-state index contributed by atoms with van der Waals surface area (Å²) in [4.78, 5) is 23.9. The molecule has 3 aromatic carbocycles. The minimum Gasteiger partial charge on any atom is -0.512 e. The number of halogens is 6. The molecule has 0 bridgehead atoms. The second-order valence-electron chi connectivity index (χ2n) is 16.2. The van der Waals surface area contributed by atoms with E-state index in [1.165, 1.54) is 154 Å². The highest BCUT2D eigenvalue weighted by Crippen LogP contribution is 2.38. The second-order valence-corrected chi connectivity index (χ2v) is 18.9. The summed E-state index contributed by atoms with van der Waals surface area (Å²) < 4.78 is 78.0. The van der Waals surface area contributed by atoms with Gasteiger partial charge in [-0.05, 0) is 43.4 Å². The molecular formula is C50H75BF6O5P2. The number of unbranched alkanes of at least 4 members (excludes halogenated alkanes) is 20. The van der Waals surface area contributed by atoms with Crippen LogP contribution in [0.1, 0.15) is 187 Å². The molecule has 3 aromatic rings. The molecule has 3 rings (SSSR count). The monoisotopic (exact) mass is 943 g/mol. The smallest absolute Gasteiger partial charge is 0.512 e. The number of ketones is 2. The van der Waals surface area contributed by atoms with Crippen LogP contribution < -0.4 is 4.65 Å². The Morgan fingerprint density at radius 2 is 0.781 bits per heavy atom. The van der Waals surface area contributed by atoms with E-state index in [9.17, 15) is 35.9 Å². The number of benzene rings is 3. The summed E-state index contributed by atoms with van der Waals surface area (Å²) in [6.45, 7) is 4.55. The Balaban J connectivity index is 0.000000484. The number of carbonyl (C=O) groups is 2. The van der Waals surface area contributed by atoms with Crippen molar-refractivity contribution in [2.45, 2.75) is 167 Å². The molecule has 0 aromatic heterocycles. The summed E-state index contributed by atoms with van der Waals surface area (Å²) in [6, 6.07) is 19.8. The third kappa shape index (κ3) is 32.0. The lowest BCUT2D eigenvalue weighted by atomic mass is 10.1. The van der Waals surface area contributed by atoms with Crippen LogP contribution in [0.2, 0.25) is 0 Å². The number of alkyl halides is 6. The Labute approximate surface area is 384 Å². The van der Waals surface area contributed by atoms with E-state index in [0.717, 1.165) is 40.6 Å². The molecule has 0 fully saturated rings. The Hall–Kier alpha value is -2.78. The van der Waals surface area contributed by atoms with Crippen LogP contribution in [0.25, 0.3) is 0 Å². The van der Waals surface area contributed by atoms with Gasteiger partial charge in [0.05, 0.1) is 11.1 Å². The zero-order valence-electron chi connectivity index (χ0n) is 38.4. The van der Waals surface area contributed by atoms with E-state index >= 15 is 0 Å². The SMILES string of the molecule is CCCCCCCCCCCCCPCC(=O)c1ccccc1.CCCCCCCCCCCCCPCC(=O)c1ccccc1.OB(O)Oc1cc(C(F)(F)F)cc(C(F)(F)F)c1. The second kappa shape index (κ2) is 37.3. The maximum Gasteiger partial charge on any atom is 0.707 e. The van der Waals surface area contributed by atoms with Gasteiger partial charge in [0.15, 0.2) is 11.6 Å². The molecule has 0 aliphatic rings. The van der Waals surface area contributed by atoms with Crippen molar-refractivity contribution in [2.75, 3.05) is 24.6 Å². The molecule has 0 amide bonds. The first-order chi connectivity index (χ1) is 30.7. The Morgan fingerprint density at radius 1 is 0.484 bits per heavy atom. The van der Waals surface area contributed by atoms with Crippen LogP contribution >= 0.6 is 17.2 Å². The summed E-state index contributed by atoms with van der Waals surface area (Å²) in [5, 5.41) is 16.7. The molecular weight excluding hydrogens is 867 g/mol. The maximum absolute atomic E-state index is 12.3. The number of Topliss-reactive ketones (excluding diaryl/α,β-unsaturated/α-hetero) is 2. The predicted octanol–water partition coefficient (Wildman–Crippen LogP) is 15.8. The molecule has 0 saturated carbocycles. The zero-order chi connectivity index (χ0) is 47.3. The summed E-state index contributed by atoms with van der Waals surface area (Å²) in [5.74, 6) is -0.328. The minimum atomic E-state index is -5.01. The van der Waals surface area contributed by atoms with Crippen LogP contribution in [0.5, 0.6) is 5.75 Å². The van der Waals surface area contributed by atoms with Gasteiger partial charge in [-0.25, -0.2) is 0 Å². The normalized spacial score (nSPS) is 11.7. The van der Waals surface area contributed by atoms with Crippen LogP contribution in [0, 0.1) is 0 Å². The van der Waals surface area contributed by atoms with Gasteiger partial charge in [-0.1, -0.05) is 203 Å². The van der Waals surface area contributed by atoms with Crippen molar-refractivity contribution in [1.29, 1.82) is 0 Å². The van der Waals surface area contributed by atoms with E-state index in [0.29, 0.717) is 11.6 Å². The molecule has 0 heterocycles. The van der Waals surface area contributed by atoms with E-state index in [2.05, 4.69) is 18.5 Å². The van der Waals surface area contributed by atoms with E-state index in [1.807, 2.05) is 60.7 Å². The largest absolute Gasteiger partial charge is 0.707 e. The van der Waals surface area contributed by atoms with Gasteiger partial charge in [0.1, 0.15) is 5.75 Å². The average Bonchev–Trinajstić information content (AvgIpc) is 3.27. The van der Waals surface area contributed by atoms with Crippen LogP contribution in [0.15, 0.2) is 78.9 Å². The molecule has 14 heteroatoms. The van der Waals surface area contributed by atoms with Gasteiger partial charge < -0.3 is 14.7 Å². The lowest BCUT2D eigenvalue weighted by Gasteiger charge is -2.14. The third-order valence-corrected chi connectivity index (χ3v) is 13.0. The van der Waals surface area contributed by atoms with Gasteiger partial charge in [-0.15, -0.1) is 17.2 Å². The Bertz CT molecular complexity index is 1490. The van der Waals surface area contributed by atoms with Crippen molar-refractivity contribution in [3.63, 3.8) is 0 Å². The fourth-order valence-corrected chi connectivity index (χ4v) is 9.02. The summed E-state index contributed by atoms with van der Waals surface area (Å²) in [6.07, 6.45) is 24.6. The van der Waals surface area contributed by atoms with E-state index in [-0.39, 0.29) is 18.2 Å². The standard InChI is InChI=1S/2C21H35OP.C8H5BF6O3/c2*1-2-3-4-5-6-7-8-9-10-11-15-18-23-19-21(22)20-16-13-12-14-17-20;10-7(11,12)4-1-5(8(13,14)15)3-6(2-4)18-9(16)17/h2*12-14,16-17,23H,2-11,15,18-19H2,1H3;1-3,16-17H. The van der Waals surface area contributed by atoms with Crippen LogP contribution in [-0.2, 0) is 12.4 Å². The molecule has 0 saturated heterocycles. The molecule has 64 heavy (non-hydrogen) atoms. The molecule has 0 spiro atoms. The molecule has 5 nitrogen and oxygen atoms in total. The maximum atomic E-state index is 12.3. The minimum absolute atomic E-state index is 0.101. The van der Waals surface area contributed by atoms with Gasteiger partial charge in [0.2, 0.25) is 0 Å². The van der Waals surface area contributed by atoms with Crippen LogP contribution in [0.3, 0.4) is 0 Å². The van der Waals surface area contributed by atoms with Crippen molar-refractivity contribution < 1.29 is 50.6 Å². The molecule has 0 radical (unpaired) electrons. The quantitative estimate of drug-likeness (QED) is 0.0214. The van der Waals surface area contributed by atoms with E-state index in [4.69, 9.17) is 10.0 Å². The topological polar surface area (TPSA) is 83.8 Å². The van der Waals surface area contributed by atoms with Gasteiger partial charge in [-0.2, -0.15) is 26.3 Å².